The van der Waals surface area contributed by atoms with Crippen LogP contribution in [0.15, 0.2) is 30.7 Å². The fourth-order valence-corrected chi connectivity index (χ4v) is 4.01. The molecule has 9 nitrogen and oxygen atoms in total. The molecule has 2 atom stereocenters. The zero-order valence-corrected chi connectivity index (χ0v) is 16.3. The Hall–Kier alpha value is -2.30. The smallest absolute Gasteiger partial charge is 0.290 e. The molecule has 0 amide bonds. The van der Waals surface area contributed by atoms with Gasteiger partial charge in [0.2, 0.25) is 10.0 Å². The van der Waals surface area contributed by atoms with Crippen LogP contribution in [0.1, 0.15) is 11.6 Å². The summed E-state index contributed by atoms with van der Waals surface area (Å²) >= 11 is 0. The van der Waals surface area contributed by atoms with Gasteiger partial charge in [-0.05, 0) is 18.6 Å². The quantitative estimate of drug-likeness (QED) is 0.751. The molecular weight excluding hydrogens is 372 g/mol. The van der Waals surface area contributed by atoms with E-state index in [1.807, 2.05) is 29.8 Å². The van der Waals surface area contributed by atoms with Gasteiger partial charge in [0.1, 0.15) is 5.69 Å². The maximum atomic E-state index is 12.2. The molecule has 0 aliphatic carbocycles. The van der Waals surface area contributed by atoms with E-state index in [4.69, 9.17) is 14.6 Å². The van der Waals surface area contributed by atoms with E-state index in [0.717, 1.165) is 17.1 Å². The summed E-state index contributed by atoms with van der Waals surface area (Å²) in [5.41, 5.74) is 1.85. The molecule has 2 aromatic rings. The Morgan fingerprint density at radius 1 is 1.33 bits per heavy atom. The number of pyridine rings is 1. The van der Waals surface area contributed by atoms with Gasteiger partial charge in [0.05, 0.1) is 25.0 Å². The number of carboxylic acid groups (broad SMARTS) is 1. The average Bonchev–Trinajstić information content (AvgIpc) is 3.24. The Bertz CT molecular complexity index is 848. The number of sulfonamides is 1. The summed E-state index contributed by atoms with van der Waals surface area (Å²) in [5.74, 6) is 0.678. The lowest BCUT2D eigenvalue weighted by Crippen LogP contribution is -2.32. The van der Waals surface area contributed by atoms with Crippen LogP contribution < -0.4 is 0 Å². The molecule has 27 heavy (non-hydrogen) atoms. The van der Waals surface area contributed by atoms with Crippen molar-refractivity contribution in [2.75, 3.05) is 33.1 Å². The molecule has 1 fully saturated rings. The third-order valence-corrected chi connectivity index (χ3v) is 6.27. The Balaban J connectivity index is 0.000000817. The topological polar surface area (TPSA) is 115 Å². The first-order chi connectivity index (χ1) is 12.8. The fraction of sp³-hybridized carbons (Fsp3) is 0.471. The van der Waals surface area contributed by atoms with Crippen LogP contribution in [0.4, 0.5) is 0 Å². The van der Waals surface area contributed by atoms with Crippen molar-refractivity contribution in [3.8, 4) is 11.5 Å². The molecule has 3 rings (SSSR count). The van der Waals surface area contributed by atoms with E-state index in [-0.39, 0.29) is 24.2 Å². The predicted octanol–water partition coefficient (Wildman–Crippen LogP) is 1.03. The first kappa shape index (κ1) is 21.0. The molecule has 0 spiro atoms. The molecule has 1 saturated heterocycles. The van der Waals surface area contributed by atoms with E-state index in [1.54, 1.807) is 26.5 Å². The van der Waals surface area contributed by atoms with Crippen molar-refractivity contribution in [1.82, 2.24) is 18.8 Å². The van der Waals surface area contributed by atoms with E-state index < -0.39 is 10.0 Å². The standard InChI is InChI=1S/C16H22N4O3S.CH2O2/c1-12-4-5-14(18-8-12)16-17-6-7-20(16)15-10-23-9-13(15)11-24(21,22)19(2)3;2-1-3/h4-8,13,15H,9-11H2,1-3H3;1H,(H,2,3)/t13-,15+;/m0./s1. The summed E-state index contributed by atoms with van der Waals surface area (Å²) in [7, 11) is -0.176. The van der Waals surface area contributed by atoms with E-state index in [2.05, 4.69) is 9.97 Å². The third-order valence-electron chi connectivity index (χ3n) is 4.31. The first-order valence-electron chi connectivity index (χ1n) is 8.31. The number of imidazole rings is 1. The summed E-state index contributed by atoms with van der Waals surface area (Å²) in [4.78, 5) is 17.2. The summed E-state index contributed by atoms with van der Waals surface area (Å²) < 4.78 is 33.3. The zero-order valence-electron chi connectivity index (χ0n) is 15.5. The number of nitrogens with zero attached hydrogens (tertiary/aromatic N) is 4. The van der Waals surface area contributed by atoms with Crippen LogP contribution >= 0.6 is 0 Å². The number of carbonyl (C=O) groups is 1. The van der Waals surface area contributed by atoms with Crippen molar-refractivity contribution < 1.29 is 23.1 Å². The lowest BCUT2D eigenvalue weighted by molar-refractivity contribution is -0.122. The minimum absolute atomic E-state index is 0.0591. The minimum atomic E-state index is -3.28. The molecule has 1 aliphatic heterocycles. The van der Waals surface area contributed by atoms with E-state index >= 15 is 0 Å². The van der Waals surface area contributed by atoms with E-state index in [9.17, 15) is 8.42 Å². The van der Waals surface area contributed by atoms with Crippen LogP contribution in [0.5, 0.6) is 0 Å². The maximum absolute atomic E-state index is 12.2. The van der Waals surface area contributed by atoms with Crippen LogP contribution in [0.3, 0.4) is 0 Å². The highest BCUT2D eigenvalue weighted by molar-refractivity contribution is 7.89. The van der Waals surface area contributed by atoms with Gasteiger partial charge in [-0.1, -0.05) is 6.07 Å². The maximum Gasteiger partial charge on any atom is 0.290 e. The largest absolute Gasteiger partial charge is 0.483 e. The van der Waals surface area contributed by atoms with Crippen LogP contribution in [0, 0.1) is 12.8 Å². The average molecular weight is 396 g/mol. The second-order valence-electron chi connectivity index (χ2n) is 6.41. The summed E-state index contributed by atoms with van der Waals surface area (Å²) in [5, 5.41) is 6.89. The Morgan fingerprint density at radius 2 is 2.04 bits per heavy atom. The normalized spacial score (nSPS) is 19.6. The molecule has 148 valence electrons. The highest BCUT2D eigenvalue weighted by Crippen LogP contribution is 2.31. The van der Waals surface area contributed by atoms with Crippen molar-refractivity contribution in [2.45, 2.75) is 13.0 Å². The van der Waals surface area contributed by atoms with Crippen molar-refractivity contribution in [2.24, 2.45) is 5.92 Å². The van der Waals surface area contributed by atoms with Gasteiger partial charge in [-0.2, -0.15) is 0 Å². The Morgan fingerprint density at radius 3 is 2.63 bits per heavy atom. The summed E-state index contributed by atoms with van der Waals surface area (Å²) in [6.45, 7) is 2.63. The van der Waals surface area contributed by atoms with Gasteiger partial charge in [-0.25, -0.2) is 17.7 Å². The van der Waals surface area contributed by atoms with Crippen molar-refractivity contribution in [3.63, 3.8) is 0 Å². The van der Waals surface area contributed by atoms with Gasteiger partial charge < -0.3 is 14.4 Å². The minimum Gasteiger partial charge on any atom is -0.483 e. The van der Waals surface area contributed by atoms with Crippen molar-refractivity contribution in [1.29, 1.82) is 0 Å². The number of hydrogen-bond acceptors (Lipinski definition) is 6. The van der Waals surface area contributed by atoms with E-state index in [1.165, 1.54) is 4.31 Å². The highest BCUT2D eigenvalue weighted by atomic mass is 32.2. The molecule has 10 heteroatoms. The molecule has 0 unspecified atom stereocenters. The Labute approximate surface area is 158 Å². The van der Waals surface area contributed by atoms with Gasteiger partial charge in [0.25, 0.3) is 6.47 Å². The number of ether oxygens (including phenoxy) is 1. The zero-order chi connectivity index (χ0) is 20.0. The molecule has 0 radical (unpaired) electrons. The van der Waals surface area contributed by atoms with Gasteiger partial charge in [-0.3, -0.25) is 9.78 Å². The van der Waals surface area contributed by atoms with E-state index in [0.29, 0.717) is 13.2 Å². The van der Waals surface area contributed by atoms with Gasteiger partial charge in [0.15, 0.2) is 5.82 Å². The van der Waals surface area contributed by atoms with Gasteiger partial charge in [0, 0.05) is 38.6 Å². The number of hydrogen-bond donors (Lipinski definition) is 1. The second kappa shape index (κ2) is 9.07. The second-order valence-corrected chi connectivity index (χ2v) is 8.64. The third kappa shape index (κ3) is 5.12. The Kier molecular flexibility index (Phi) is 7.05. The van der Waals surface area contributed by atoms with Gasteiger partial charge >= 0.3 is 0 Å². The molecule has 0 bridgehead atoms. The van der Waals surface area contributed by atoms with Gasteiger partial charge in [-0.15, -0.1) is 0 Å². The summed E-state index contributed by atoms with van der Waals surface area (Å²) in [6.07, 6.45) is 5.38. The number of aryl methyl sites for hydroxylation is 1. The lowest BCUT2D eigenvalue weighted by Gasteiger charge is -2.22. The fourth-order valence-electron chi connectivity index (χ4n) is 2.85. The molecule has 0 saturated carbocycles. The van der Waals surface area contributed by atoms with Crippen LogP contribution in [0.25, 0.3) is 11.5 Å². The molecule has 3 heterocycles. The molecule has 1 aliphatic rings. The van der Waals surface area contributed by atoms with Crippen molar-refractivity contribution in [3.05, 3.63) is 36.3 Å². The molecule has 2 aromatic heterocycles. The first-order valence-corrected chi connectivity index (χ1v) is 9.92. The highest BCUT2D eigenvalue weighted by Gasteiger charge is 2.35. The van der Waals surface area contributed by atoms with Crippen molar-refractivity contribution >= 4 is 16.5 Å². The number of rotatable bonds is 5. The summed E-state index contributed by atoms with van der Waals surface area (Å²) in [6, 6.07) is 3.84. The van der Waals surface area contributed by atoms with Crippen LogP contribution in [0.2, 0.25) is 0 Å². The lowest BCUT2D eigenvalue weighted by atomic mass is 10.1. The predicted molar refractivity (Wildman–Crippen MR) is 99.7 cm³/mol. The molecule has 1 N–H and O–H groups in total. The monoisotopic (exact) mass is 396 g/mol. The number of aromatic nitrogens is 3. The molecule has 0 aromatic carbocycles. The van der Waals surface area contributed by atoms with Crippen LogP contribution in [-0.2, 0) is 19.6 Å². The SMILES string of the molecule is Cc1ccc(-c2nccn2[C@@H]2COC[C@H]2CS(=O)(=O)N(C)C)nc1.O=CO. The molecular formula is C17H24N4O5S. The van der Waals surface area contributed by atoms with Crippen LogP contribution in [-0.4, -0.2) is 71.9 Å².